The molecule has 4 N–H and O–H groups in total. The van der Waals surface area contributed by atoms with Gasteiger partial charge in [-0.2, -0.15) is 0 Å². The van der Waals surface area contributed by atoms with E-state index < -0.39 is 40.2 Å². The average Bonchev–Trinajstić information content (AvgIpc) is 3.45. The van der Waals surface area contributed by atoms with Crippen LogP contribution in [0.3, 0.4) is 0 Å². The lowest BCUT2D eigenvalue weighted by Crippen LogP contribution is -2.59. The number of aromatic nitrogens is 2. The summed E-state index contributed by atoms with van der Waals surface area (Å²) in [4.78, 5) is 49.7. The molecule has 3 atom stereocenters. The van der Waals surface area contributed by atoms with Crippen LogP contribution in [0.4, 0.5) is 26.0 Å². The summed E-state index contributed by atoms with van der Waals surface area (Å²) in [6.07, 6.45) is 2.38. The van der Waals surface area contributed by atoms with Crippen molar-refractivity contribution in [3.8, 4) is 0 Å². The van der Waals surface area contributed by atoms with E-state index in [-0.39, 0.29) is 29.2 Å². The summed E-state index contributed by atoms with van der Waals surface area (Å²) in [5.41, 5.74) is 0.238. The van der Waals surface area contributed by atoms with Crippen molar-refractivity contribution in [2.24, 2.45) is 5.41 Å². The third-order valence-electron chi connectivity index (χ3n) is 7.26. The fourth-order valence-corrected chi connectivity index (χ4v) is 4.89. The number of nitrogens with zero attached hydrogens (tertiary/aromatic N) is 3. The van der Waals surface area contributed by atoms with Crippen LogP contribution < -0.4 is 21.3 Å². The smallest absolute Gasteiger partial charge is 0.247 e. The fourth-order valence-electron chi connectivity index (χ4n) is 4.73. The topological polar surface area (TPSA) is 128 Å². The first-order chi connectivity index (χ1) is 19.8. The molecule has 1 aliphatic heterocycles. The Morgan fingerprint density at radius 1 is 1.12 bits per heavy atom. The minimum absolute atomic E-state index is 0.0828. The molecule has 13 heteroatoms. The normalized spacial score (nSPS) is 16.7. The maximum absolute atomic E-state index is 14.5. The van der Waals surface area contributed by atoms with Crippen molar-refractivity contribution in [3.05, 3.63) is 53.3 Å². The number of benzene rings is 2. The molecule has 0 spiro atoms. The van der Waals surface area contributed by atoms with Gasteiger partial charge in [0.15, 0.2) is 5.82 Å². The van der Waals surface area contributed by atoms with Gasteiger partial charge in [0.25, 0.3) is 0 Å². The van der Waals surface area contributed by atoms with Gasteiger partial charge in [-0.3, -0.25) is 14.4 Å². The van der Waals surface area contributed by atoms with Gasteiger partial charge in [0.1, 0.15) is 35.1 Å². The second kappa shape index (κ2) is 12.5. The Balaban J connectivity index is 1.55. The standard InChI is InChI=1S/C29H34ClF2N7O3/c1-15(33-5)26(40)38-24(29(2,3)4)28(42)39-12-6-7-21(39)27(41)36-16-8-10-19-17(13-16)25(35-14-34-19)37-20-11-9-18(31)22(30)23(20)32/h8-11,13-15,21,24,33H,6-7,12H2,1-5H3,(H,36,41)(H,38,40)(H,34,35,37)/t15-,21?,24+/m0/s1. The molecule has 1 aromatic heterocycles. The molecule has 2 aromatic carbocycles. The highest BCUT2D eigenvalue weighted by Crippen LogP contribution is 2.31. The van der Waals surface area contributed by atoms with Crippen molar-refractivity contribution in [3.63, 3.8) is 0 Å². The summed E-state index contributed by atoms with van der Waals surface area (Å²) in [7, 11) is 1.66. The van der Waals surface area contributed by atoms with Gasteiger partial charge in [0.2, 0.25) is 17.7 Å². The van der Waals surface area contributed by atoms with Crippen molar-refractivity contribution in [2.75, 3.05) is 24.2 Å². The lowest BCUT2D eigenvalue weighted by molar-refractivity contribution is -0.143. The molecule has 1 fully saturated rings. The van der Waals surface area contributed by atoms with E-state index >= 15 is 0 Å². The molecule has 0 radical (unpaired) electrons. The van der Waals surface area contributed by atoms with E-state index in [0.717, 1.165) is 6.07 Å². The highest BCUT2D eigenvalue weighted by Gasteiger charge is 2.42. The Morgan fingerprint density at radius 2 is 1.86 bits per heavy atom. The molecule has 4 rings (SSSR count). The summed E-state index contributed by atoms with van der Waals surface area (Å²) in [6, 6.07) is 5.12. The third-order valence-corrected chi connectivity index (χ3v) is 7.60. The lowest BCUT2D eigenvalue weighted by atomic mass is 9.85. The zero-order valence-corrected chi connectivity index (χ0v) is 24.8. The van der Waals surface area contributed by atoms with E-state index in [1.807, 2.05) is 20.8 Å². The number of carbonyl (C=O) groups is 3. The Morgan fingerprint density at radius 3 is 2.55 bits per heavy atom. The number of carbonyl (C=O) groups excluding carboxylic acids is 3. The molecular formula is C29H34ClF2N7O3. The van der Waals surface area contributed by atoms with Crippen LogP contribution in [0.5, 0.6) is 0 Å². The van der Waals surface area contributed by atoms with Gasteiger partial charge in [-0.1, -0.05) is 32.4 Å². The Hall–Kier alpha value is -3.90. The van der Waals surface area contributed by atoms with Gasteiger partial charge in [-0.15, -0.1) is 0 Å². The number of amides is 3. The Labute approximate surface area is 247 Å². The molecule has 10 nitrogen and oxygen atoms in total. The highest BCUT2D eigenvalue weighted by atomic mass is 35.5. The first kappa shape index (κ1) is 31.0. The van der Waals surface area contributed by atoms with Crippen LogP contribution in [0.1, 0.15) is 40.5 Å². The first-order valence-electron chi connectivity index (χ1n) is 13.6. The molecule has 0 bridgehead atoms. The predicted octanol–water partition coefficient (Wildman–Crippen LogP) is 4.37. The predicted molar refractivity (Wildman–Crippen MR) is 157 cm³/mol. The third kappa shape index (κ3) is 6.60. The maximum Gasteiger partial charge on any atom is 0.247 e. The second-order valence-corrected chi connectivity index (χ2v) is 11.7. The summed E-state index contributed by atoms with van der Waals surface area (Å²) >= 11 is 5.71. The summed E-state index contributed by atoms with van der Waals surface area (Å²) < 4.78 is 28.2. The molecule has 3 amide bonds. The van der Waals surface area contributed by atoms with Gasteiger partial charge >= 0.3 is 0 Å². The molecule has 0 aliphatic carbocycles. The van der Waals surface area contributed by atoms with E-state index in [1.165, 1.54) is 17.3 Å². The number of fused-ring (bicyclic) bond motifs is 1. The van der Waals surface area contributed by atoms with Gasteiger partial charge in [-0.25, -0.2) is 18.7 Å². The molecule has 224 valence electrons. The van der Waals surface area contributed by atoms with E-state index in [2.05, 4.69) is 31.2 Å². The van der Waals surface area contributed by atoms with Gasteiger partial charge < -0.3 is 26.2 Å². The van der Waals surface area contributed by atoms with Crippen LogP contribution in [0.2, 0.25) is 5.02 Å². The molecule has 1 unspecified atom stereocenters. The number of halogens is 3. The molecule has 1 saturated heterocycles. The molecule has 3 aromatic rings. The van der Waals surface area contributed by atoms with Crippen LogP contribution in [-0.4, -0.2) is 64.3 Å². The monoisotopic (exact) mass is 601 g/mol. The molecule has 2 heterocycles. The van der Waals surface area contributed by atoms with Crippen molar-refractivity contribution in [2.45, 2.75) is 58.7 Å². The molecule has 1 aliphatic rings. The van der Waals surface area contributed by atoms with E-state index in [0.29, 0.717) is 36.0 Å². The number of likely N-dealkylation sites (N-methyl/N-ethyl adjacent to an activating group) is 1. The zero-order valence-electron chi connectivity index (χ0n) is 24.0. The van der Waals surface area contributed by atoms with Crippen molar-refractivity contribution >= 4 is 57.4 Å². The minimum Gasteiger partial charge on any atom is -0.342 e. The van der Waals surface area contributed by atoms with Gasteiger partial charge in [0, 0.05) is 17.6 Å². The fraction of sp³-hybridized carbons (Fsp3) is 0.414. The van der Waals surface area contributed by atoms with Crippen LogP contribution in [0.25, 0.3) is 10.9 Å². The molecule has 42 heavy (non-hydrogen) atoms. The second-order valence-electron chi connectivity index (χ2n) is 11.3. The van der Waals surface area contributed by atoms with Crippen molar-refractivity contribution in [1.29, 1.82) is 0 Å². The van der Waals surface area contributed by atoms with Crippen molar-refractivity contribution < 1.29 is 23.2 Å². The largest absolute Gasteiger partial charge is 0.342 e. The van der Waals surface area contributed by atoms with Gasteiger partial charge in [-0.05, 0) is 62.6 Å². The number of rotatable bonds is 8. The van der Waals surface area contributed by atoms with E-state index in [9.17, 15) is 23.2 Å². The van der Waals surface area contributed by atoms with E-state index in [4.69, 9.17) is 11.6 Å². The Bertz CT molecular complexity index is 1510. The first-order valence-corrected chi connectivity index (χ1v) is 13.9. The SMILES string of the molecule is CN[C@@H](C)C(=O)N[C@H](C(=O)N1CCCC1C(=O)Nc1ccc2ncnc(Nc3ccc(F)c(Cl)c3F)c2c1)C(C)(C)C. The number of likely N-dealkylation sites (tertiary alicyclic amines) is 1. The Kier molecular flexibility index (Phi) is 9.27. The lowest BCUT2D eigenvalue weighted by Gasteiger charge is -2.36. The molecule has 0 saturated carbocycles. The van der Waals surface area contributed by atoms with E-state index in [1.54, 1.807) is 32.2 Å². The summed E-state index contributed by atoms with van der Waals surface area (Å²) in [6.45, 7) is 7.66. The van der Waals surface area contributed by atoms with Crippen LogP contribution in [0, 0.1) is 17.0 Å². The number of hydrogen-bond acceptors (Lipinski definition) is 7. The molecular weight excluding hydrogens is 568 g/mol. The summed E-state index contributed by atoms with van der Waals surface area (Å²) in [5, 5.41) is 11.2. The summed E-state index contributed by atoms with van der Waals surface area (Å²) in [5.74, 6) is -2.66. The zero-order chi connectivity index (χ0) is 30.8. The highest BCUT2D eigenvalue weighted by molar-refractivity contribution is 6.31. The number of nitrogens with one attached hydrogen (secondary N) is 4. The van der Waals surface area contributed by atoms with Gasteiger partial charge in [0.05, 0.1) is 17.2 Å². The average molecular weight is 602 g/mol. The number of anilines is 3. The van der Waals surface area contributed by atoms with Crippen LogP contribution in [-0.2, 0) is 14.4 Å². The quantitative estimate of drug-likeness (QED) is 0.282. The van der Waals surface area contributed by atoms with Crippen molar-refractivity contribution in [1.82, 2.24) is 25.5 Å². The minimum atomic E-state index is -0.968. The number of hydrogen-bond donors (Lipinski definition) is 4. The van der Waals surface area contributed by atoms with Crippen LogP contribution >= 0.6 is 11.6 Å². The van der Waals surface area contributed by atoms with Crippen LogP contribution in [0.15, 0.2) is 36.7 Å². The maximum atomic E-state index is 14.5.